The second-order valence-corrected chi connectivity index (χ2v) is 16.7. The highest BCUT2D eigenvalue weighted by Gasteiger charge is 2.59. The Kier molecular flexibility index (Phi) is 13.7. The summed E-state index contributed by atoms with van der Waals surface area (Å²) in [5.41, 5.74) is -4.65. The number of Topliss-reactive ketones (excluding diaryl/α,β-unsaturated/α-hetero) is 2. The molecule has 57 heavy (non-hydrogen) atoms. The number of amides is 1. The van der Waals surface area contributed by atoms with Gasteiger partial charge in [0.05, 0.1) is 36.0 Å². The molecule has 0 unspecified atom stereocenters. The first kappa shape index (κ1) is 44.3. The zero-order valence-corrected chi connectivity index (χ0v) is 34.8. The van der Waals surface area contributed by atoms with Crippen molar-refractivity contribution in [1.82, 2.24) is 15.2 Å². The number of ether oxygens (including phenoxy) is 5. The molecule has 3 fully saturated rings. The van der Waals surface area contributed by atoms with E-state index in [0.29, 0.717) is 13.0 Å². The highest BCUT2D eigenvalue weighted by Crippen LogP contribution is 2.41. The minimum absolute atomic E-state index is 0.0378. The number of nitrogens with one attached hydrogen (secondary N) is 1. The number of para-hydroxylation sites is 1. The van der Waals surface area contributed by atoms with Crippen molar-refractivity contribution in [1.29, 1.82) is 0 Å². The average molecular weight is 798 g/mol. The fourth-order valence-corrected chi connectivity index (χ4v) is 8.89. The number of hydrogen-bond donors (Lipinski definition) is 2. The van der Waals surface area contributed by atoms with Crippen LogP contribution in [0.15, 0.2) is 42.6 Å². The number of fused-ring (bicyclic) bond motifs is 2. The van der Waals surface area contributed by atoms with E-state index in [-0.39, 0.29) is 37.4 Å². The zero-order chi connectivity index (χ0) is 42.0. The van der Waals surface area contributed by atoms with E-state index in [2.05, 4.69) is 10.3 Å². The highest BCUT2D eigenvalue weighted by molar-refractivity contribution is 6.08. The van der Waals surface area contributed by atoms with E-state index in [0.717, 1.165) is 23.4 Å². The molecule has 1 amide bonds. The van der Waals surface area contributed by atoms with Crippen molar-refractivity contribution in [2.24, 2.45) is 17.8 Å². The first-order valence-corrected chi connectivity index (χ1v) is 20.1. The SMILES string of the molecule is CC[C@H]1OC(=O)[C@@](C)(F)C(=O)[C@H](C)[C@@H](O[C@@H]2O[C@H](C)C[C@H](N(C)CC)[C@H]2O)[C@](C)(OC/C=C/c2cnc3ccccc3c2)C[C@@H](C)C(=O)[C@H](C)[C@H]2NC(=O)O[C@@]21C. The quantitative estimate of drug-likeness (QED) is 0.239. The summed E-state index contributed by atoms with van der Waals surface area (Å²) in [6.45, 7) is 14.9. The molecule has 5 rings (SSSR count). The molecular formula is C43H60FN3O10. The van der Waals surface area contributed by atoms with Gasteiger partial charge in [0.1, 0.15) is 18.0 Å². The molecule has 13 nitrogen and oxygen atoms in total. The number of aromatic nitrogens is 1. The van der Waals surface area contributed by atoms with Gasteiger partial charge in [-0.1, -0.05) is 65.0 Å². The molecule has 3 saturated heterocycles. The zero-order valence-electron chi connectivity index (χ0n) is 34.8. The Balaban J connectivity index is 1.59. The molecule has 4 heterocycles. The molecule has 0 bridgehead atoms. The minimum atomic E-state index is -3.19. The van der Waals surface area contributed by atoms with Gasteiger partial charge in [0.2, 0.25) is 0 Å². The molecule has 2 N–H and O–H groups in total. The van der Waals surface area contributed by atoms with E-state index in [1.165, 1.54) is 13.8 Å². The summed E-state index contributed by atoms with van der Waals surface area (Å²) in [4.78, 5) is 61.9. The number of ketones is 2. The molecule has 14 heteroatoms. The van der Waals surface area contributed by atoms with E-state index in [4.69, 9.17) is 23.7 Å². The van der Waals surface area contributed by atoms with Crippen molar-refractivity contribution in [3.8, 4) is 0 Å². The second-order valence-electron chi connectivity index (χ2n) is 16.7. The lowest BCUT2D eigenvalue weighted by atomic mass is 9.73. The number of rotatable bonds is 9. The number of alkyl carbamates (subject to hydrolysis) is 1. The molecular weight excluding hydrogens is 737 g/mol. The maximum Gasteiger partial charge on any atom is 0.408 e. The van der Waals surface area contributed by atoms with Gasteiger partial charge in [-0.15, -0.1) is 0 Å². The lowest BCUT2D eigenvalue weighted by Gasteiger charge is -2.47. The Morgan fingerprint density at radius 1 is 1.07 bits per heavy atom. The van der Waals surface area contributed by atoms with E-state index in [9.17, 15) is 24.3 Å². The van der Waals surface area contributed by atoms with Gasteiger partial charge in [0.15, 0.2) is 17.7 Å². The average Bonchev–Trinajstić information content (AvgIpc) is 3.50. The van der Waals surface area contributed by atoms with Crippen LogP contribution in [0.25, 0.3) is 17.0 Å². The van der Waals surface area contributed by atoms with Crippen LogP contribution in [-0.2, 0) is 38.1 Å². The minimum Gasteiger partial charge on any atom is -0.455 e. The van der Waals surface area contributed by atoms with Gasteiger partial charge in [-0.2, -0.15) is 0 Å². The smallest absolute Gasteiger partial charge is 0.408 e. The van der Waals surface area contributed by atoms with Gasteiger partial charge in [-0.25, -0.2) is 14.0 Å². The van der Waals surface area contributed by atoms with E-state index in [1.807, 2.05) is 62.2 Å². The van der Waals surface area contributed by atoms with Crippen LogP contribution >= 0.6 is 0 Å². The van der Waals surface area contributed by atoms with Crippen LogP contribution in [0.3, 0.4) is 0 Å². The number of hydrogen-bond acceptors (Lipinski definition) is 12. The molecule has 0 radical (unpaired) electrons. The van der Waals surface area contributed by atoms with Gasteiger partial charge < -0.3 is 39.0 Å². The number of pyridine rings is 1. The number of aliphatic hydroxyl groups excluding tert-OH is 1. The normalized spacial score (nSPS) is 38.5. The molecule has 0 saturated carbocycles. The van der Waals surface area contributed by atoms with Gasteiger partial charge >= 0.3 is 12.1 Å². The molecule has 314 valence electrons. The monoisotopic (exact) mass is 797 g/mol. The third kappa shape index (κ3) is 9.10. The summed E-state index contributed by atoms with van der Waals surface area (Å²) in [6, 6.07) is 8.36. The lowest BCUT2D eigenvalue weighted by molar-refractivity contribution is -0.297. The van der Waals surface area contributed by atoms with Gasteiger partial charge in [-0.05, 0) is 78.2 Å². The Hall–Kier alpha value is -3.82. The number of aliphatic hydroxyl groups is 1. The molecule has 1 aromatic carbocycles. The number of likely N-dealkylation sites (N-methyl/N-ethyl adjacent to an activating group) is 1. The second kappa shape index (κ2) is 17.6. The molecule has 2 aromatic rings. The summed E-state index contributed by atoms with van der Waals surface area (Å²) >= 11 is 0. The van der Waals surface area contributed by atoms with Gasteiger partial charge in [0.25, 0.3) is 5.67 Å². The van der Waals surface area contributed by atoms with Crippen LogP contribution in [-0.4, -0.2) is 118 Å². The third-order valence-electron chi connectivity index (χ3n) is 12.3. The number of nitrogens with zero attached hydrogens (tertiary/aromatic N) is 2. The lowest BCUT2D eigenvalue weighted by Crippen LogP contribution is -2.62. The predicted octanol–water partition coefficient (Wildman–Crippen LogP) is 5.59. The molecule has 3 aliphatic heterocycles. The molecule has 0 aliphatic carbocycles. The van der Waals surface area contributed by atoms with E-state index < -0.39 is 83.1 Å². The number of carbonyl (C=O) groups is 4. The predicted molar refractivity (Wildman–Crippen MR) is 211 cm³/mol. The van der Waals surface area contributed by atoms with Crippen LogP contribution < -0.4 is 5.32 Å². The Bertz CT molecular complexity index is 1820. The fourth-order valence-electron chi connectivity index (χ4n) is 8.89. The maximum absolute atomic E-state index is 16.9. The van der Waals surface area contributed by atoms with Crippen LogP contribution in [0.1, 0.15) is 87.1 Å². The van der Waals surface area contributed by atoms with Crippen LogP contribution in [0, 0.1) is 17.8 Å². The standard InChI is InChI=1S/C43H60FN3O10/c1-11-32-43(9)35(46-40(52)57-43)26(5)33(48)24(3)22-41(7,53-19-15-16-28-21-29-17-13-14-18-30(29)45-23-28)37(27(6)36(50)42(8,44)39(51)55-32)56-38-34(49)31(47(10)12-2)20-25(4)54-38/h13-18,21,23-27,31-32,34-35,37-38,49H,11-12,19-20,22H2,1-10H3,(H,46,52)/b16-15+/t24-,25-,26+,27+,31+,32-,34-,35-,37-,38+,41-,42+,43-/m1/s1. The number of esters is 1. The Morgan fingerprint density at radius 3 is 2.46 bits per heavy atom. The third-order valence-corrected chi connectivity index (χ3v) is 12.3. The Morgan fingerprint density at radius 2 is 1.77 bits per heavy atom. The van der Waals surface area contributed by atoms with Gasteiger partial charge in [-0.3, -0.25) is 14.6 Å². The van der Waals surface area contributed by atoms with Crippen LogP contribution in [0.5, 0.6) is 0 Å². The van der Waals surface area contributed by atoms with Crippen molar-refractivity contribution < 1.29 is 52.4 Å². The largest absolute Gasteiger partial charge is 0.455 e. The summed E-state index contributed by atoms with van der Waals surface area (Å²) in [7, 11) is 1.88. The van der Waals surface area contributed by atoms with E-state index >= 15 is 4.39 Å². The number of halogens is 1. The summed E-state index contributed by atoms with van der Waals surface area (Å²) in [5.74, 6) is -5.93. The summed E-state index contributed by atoms with van der Waals surface area (Å²) < 4.78 is 47.8. The topological polar surface area (TPSA) is 163 Å². The Labute approximate surface area is 335 Å². The molecule has 3 aliphatic rings. The first-order chi connectivity index (χ1) is 26.8. The summed E-state index contributed by atoms with van der Waals surface area (Å²) in [6.07, 6.45) is -0.332. The number of benzene rings is 1. The fraction of sp³-hybridized carbons (Fsp3) is 0.651. The van der Waals surface area contributed by atoms with Crippen molar-refractivity contribution in [3.05, 3.63) is 48.2 Å². The van der Waals surface area contributed by atoms with Crippen LogP contribution in [0.4, 0.5) is 9.18 Å². The highest BCUT2D eigenvalue weighted by atomic mass is 19.1. The molecule has 13 atom stereocenters. The van der Waals surface area contributed by atoms with Crippen molar-refractivity contribution in [2.75, 3.05) is 20.2 Å². The van der Waals surface area contributed by atoms with Crippen molar-refractivity contribution in [3.63, 3.8) is 0 Å². The number of alkyl halides is 1. The maximum atomic E-state index is 16.9. The first-order valence-electron chi connectivity index (χ1n) is 20.1. The van der Waals surface area contributed by atoms with Crippen LogP contribution in [0.2, 0.25) is 0 Å². The summed E-state index contributed by atoms with van der Waals surface area (Å²) in [5, 5.41) is 15.3. The van der Waals surface area contributed by atoms with E-state index in [1.54, 1.807) is 40.0 Å². The van der Waals surface area contributed by atoms with Crippen molar-refractivity contribution >= 4 is 40.6 Å². The molecule has 0 spiro atoms. The number of cyclic esters (lactones) is 1. The van der Waals surface area contributed by atoms with Crippen molar-refractivity contribution in [2.45, 2.75) is 141 Å². The number of carbonyl (C=O) groups excluding carboxylic acids is 4. The molecule has 1 aromatic heterocycles. The van der Waals surface area contributed by atoms with Gasteiger partial charge in [0, 0.05) is 35.4 Å².